The molecule has 114 valence electrons. The smallest absolute Gasteiger partial charge is 0.286 e. The number of nitrogens with one attached hydrogen (secondary N) is 1. The Labute approximate surface area is 123 Å². The second kappa shape index (κ2) is 5.89. The number of fused-ring (bicyclic) bond motifs is 1. The second-order valence-corrected chi connectivity index (χ2v) is 5.85. The molecule has 0 spiro atoms. The van der Waals surface area contributed by atoms with E-state index in [1.54, 1.807) is 12.1 Å². The third-order valence-electron chi connectivity index (χ3n) is 4.54. The van der Waals surface area contributed by atoms with Crippen molar-refractivity contribution in [2.75, 3.05) is 19.6 Å². The molecule has 2 heterocycles. The van der Waals surface area contributed by atoms with E-state index in [4.69, 9.17) is 4.42 Å². The van der Waals surface area contributed by atoms with Gasteiger partial charge in [-0.3, -0.25) is 9.59 Å². The van der Waals surface area contributed by atoms with Gasteiger partial charge in [-0.05, 0) is 30.9 Å². The Kier molecular flexibility index (Phi) is 3.96. The fourth-order valence-electron chi connectivity index (χ4n) is 3.38. The van der Waals surface area contributed by atoms with Crippen LogP contribution in [-0.4, -0.2) is 47.6 Å². The first-order valence-electron chi connectivity index (χ1n) is 7.42. The van der Waals surface area contributed by atoms with Gasteiger partial charge in [0.2, 0.25) is 5.91 Å². The molecule has 21 heavy (non-hydrogen) atoms. The van der Waals surface area contributed by atoms with Crippen molar-refractivity contribution in [3.8, 4) is 0 Å². The summed E-state index contributed by atoms with van der Waals surface area (Å²) < 4.78 is 4.98. The third kappa shape index (κ3) is 2.95. The van der Waals surface area contributed by atoms with E-state index in [1.807, 2.05) is 4.90 Å². The highest BCUT2D eigenvalue weighted by Crippen LogP contribution is 2.38. The van der Waals surface area contributed by atoms with Gasteiger partial charge in [0.25, 0.3) is 5.91 Å². The Bertz CT molecular complexity index is 514. The minimum atomic E-state index is -0.304. The van der Waals surface area contributed by atoms with Crippen molar-refractivity contribution in [2.45, 2.75) is 25.4 Å². The van der Waals surface area contributed by atoms with Crippen molar-refractivity contribution in [1.29, 1.82) is 0 Å². The summed E-state index contributed by atoms with van der Waals surface area (Å²) in [5.41, 5.74) is 0. The van der Waals surface area contributed by atoms with Crippen LogP contribution in [0.2, 0.25) is 0 Å². The molecule has 0 radical (unpaired) electrons. The molecule has 1 saturated heterocycles. The van der Waals surface area contributed by atoms with Gasteiger partial charge in [-0.15, -0.1) is 0 Å². The lowest BCUT2D eigenvalue weighted by molar-refractivity contribution is -0.130. The number of aliphatic hydroxyl groups is 1. The maximum Gasteiger partial charge on any atom is 0.286 e. The predicted octanol–water partition coefficient (Wildman–Crippen LogP) is 0.629. The Morgan fingerprint density at radius 3 is 2.95 bits per heavy atom. The molecular formula is C15H20N2O4. The van der Waals surface area contributed by atoms with Crippen LogP contribution >= 0.6 is 0 Å². The molecule has 3 atom stereocenters. The van der Waals surface area contributed by atoms with Crippen molar-refractivity contribution in [3.05, 3.63) is 24.2 Å². The molecule has 6 heteroatoms. The molecule has 3 unspecified atom stereocenters. The average Bonchev–Trinajstić information content (AvgIpc) is 3.17. The number of nitrogens with zero attached hydrogens (tertiary/aromatic N) is 1. The van der Waals surface area contributed by atoms with Gasteiger partial charge in [-0.25, -0.2) is 0 Å². The van der Waals surface area contributed by atoms with Crippen molar-refractivity contribution in [3.63, 3.8) is 0 Å². The first kappa shape index (κ1) is 14.1. The van der Waals surface area contributed by atoms with Crippen LogP contribution in [0, 0.1) is 11.8 Å². The predicted molar refractivity (Wildman–Crippen MR) is 74.5 cm³/mol. The molecule has 1 aliphatic heterocycles. The van der Waals surface area contributed by atoms with E-state index in [2.05, 4.69) is 5.32 Å². The topological polar surface area (TPSA) is 82.8 Å². The molecule has 2 fully saturated rings. The van der Waals surface area contributed by atoms with Gasteiger partial charge in [-0.1, -0.05) is 0 Å². The molecule has 1 aliphatic carbocycles. The largest absolute Gasteiger partial charge is 0.459 e. The molecule has 1 saturated carbocycles. The number of hydrogen-bond donors (Lipinski definition) is 2. The number of furan rings is 1. The molecule has 6 nitrogen and oxygen atoms in total. The van der Waals surface area contributed by atoms with Gasteiger partial charge < -0.3 is 19.7 Å². The fraction of sp³-hybridized carbons (Fsp3) is 0.600. The first-order valence-corrected chi connectivity index (χ1v) is 7.42. The summed E-state index contributed by atoms with van der Waals surface area (Å²) in [6, 6.07) is 3.23. The standard InChI is InChI=1S/C15H20N2O4/c18-12-4-3-10-8-17(9-11(10)12)14(19)5-6-16-15(20)13-2-1-7-21-13/h1-2,7,10-12,18H,3-6,8-9H2,(H,16,20). The first-order chi connectivity index (χ1) is 10.1. The van der Waals surface area contributed by atoms with E-state index in [1.165, 1.54) is 6.26 Å². The maximum atomic E-state index is 12.1. The number of amides is 2. The Morgan fingerprint density at radius 2 is 2.24 bits per heavy atom. The summed E-state index contributed by atoms with van der Waals surface area (Å²) in [6.07, 6.45) is 3.32. The lowest BCUT2D eigenvalue weighted by Crippen LogP contribution is -2.34. The monoisotopic (exact) mass is 292 g/mol. The SMILES string of the molecule is O=C(NCCC(=O)N1CC2CCC(O)C2C1)c1ccco1. The third-order valence-corrected chi connectivity index (χ3v) is 4.54. The van der Waals surface area contributed by atoms with Crippen LogP contribution in [0.25, 0.3) is 0 Å². The van der Waals surface area contributed by atoms with Gasteiger partial charge >= 0.3 is 0 Å². The van der Waals surface area contributed by atoms with Crippen molar-refractivity contribution < 1.29 is 19.1 Å². The highest BCUT2D eigenvalue weighted by Gasteiger charge is 2.42. The number of likely N-dealkylation sites (tertiary alicyclic amines) is 1. The zero-order valence-corrected chi connectivity index (χ0v) is 11.8. The average molecular weight is 292 g/mol. The minimum absolute atomic E-state index is 0.0383. The van der Waals surface area contributed by atoms with Crippen LogP contribution < -0.4 is 5.32 Å². The molecule has 0 aromatic carbocycles. The number of aliphatic hydroxyl groups excluding tert-OH is 1. The summed E-state index contributed by atoms with van der Waals surface area (Å²) in [4.78, 5) is 25.6. The van der Waals surface area contributed by atoms with Crippen LogP contribution in [0.1, 0.15) is 29.8 Å². The van der Waals surface area contributed by atoms with Gasteiger partial charge in [0.1, 0.15) is 0 Å². The number of hydrogen-bond acceptors (Lipinski definition) is 4. The quantitative estimate of drug-likeness (QED) is 0.852. The van der Waals surface area contributed by atoms with Crippen LogP contribution in [0.15, 0.2) is 22.8 Å². The van der Waals surface area contributed by atoms with E-state index in [9.17, 15) is 14.7 Å². The van der Waals surface area contributed by atoms with E-state index in [0.29, 0.717) is 19.0 Å². The molecule has 2 amide bonds. The van der Waals surface area contributed by atoms with Crippen LogP contribution in [-0.2, 0) is 4.79 Å². The van der Waals surface area contributed by atoms with Gasteiger partial charge in [0, 0.05) is 32.0 Å². The molecular weight excluding hydrogens is 272 g/mol. The highest BCUT2D eigenvalue weighted by atomic mass is 16.3. The zero-order valence-electron chi connectivity index (χ0n) is 11.8. The Balaban J connectivity index is 1.42. The van der Waals surface area contributed by atoms with Gasteiger partial charge in [0.15, 0.2) is 5.76 Å². The summed E-state index contributed by atoms with van der Waals surface area (Å²) in [6.45, 7) is 1.69. The number of carbonyl (C=O) groups excluding carboxylic acids is 2. The molecule has 2 aliphatic rings. The van der Waals surface area contributed by atoms with E-state index < -0.39 is 0 Å². The summed E-state index contributed by atoms with van der Waals surface area (Å²) >= 11 is 0. The highest BCUT2D eigenvalue weighted by molar-refractivity contribution is 5.91. The van der Waals surface area contributed by atoms with Gasteiger partial charge in [-0.2, -0.15) is 0 Å². The Morgan fingerprint density at radius 1 is 1.38 bits per heavy atom. The molecule has 3 rings (SSSR count). The summed E-state index contributed by atoms with van der Waals surface area (Å²) in [5.74, 6) is 0.674. The fourth-order valence-corrected chi connectivity index (χ4v) is 3.38. The van der Waals surface area contributed by atoms with E-state index >= 15 is 0 Å². The Hall–Kier alpha value is -1.82. The lowest BCUT2D eigenvalue weighted by Gasteiger charge is -2.18. The molecule has 0 bridgehead atoms. The van der Waals surface area contributed by atoms with Gasteiger partial charge in [0.05, 0.1) is 12.4 Å². The zero-order chi connectivity index (χ0) is 14.8. The molecule has 1 aromatic rings. The van der Waals surface area contributed by atoms with Crippen LogP contribution in [0.5, 0.6) is 0 Å². The number of rotatable bonds is 4. The molecule has 2 N–H and O–H groups in total. The van der Waals surface area contributed by atoms with Crippen molar-refractivity contribution >= 4 is 11.8 Å². The number of carbonyl (C=O) groups is 2. The summed E-state index contributed by atoms with van der Waals surface area (Å²) in [7, 11) is 0. The minimum Gasteiger partial charge on any atom is -0.459 e. The van der Waals surface area contributed by atoms with Crippen molar-refractivity contribution in [2.24, 2.45) is 11.8 Å². The maximum absolute atomic E-state index is 12.1. The normalized spacial score (nSPS) is 27.7. The van der Waals surface area contributed by atoms with Crippen LogP contribution in [0.3, 0.4) is 0 Å². The molecule has 1 aromatic heterocycles. The lowest BCUT2D eigenvalue weighted by atomic mass is 10.00. The van der Waals surface area contributed by atoms with Crippen LogP contribution in [0.4, 0.5) is 0 Å². The van der Waals surface area contributed by atoms with Crippen molar-refractivity contribution in [1.82, 2.24) is 10.2 Å². The second-order valence-electron chi connectivity index (χ2n) is 5.85. The van der Waals surface area contributed by atoms with E-state index in [0.717, 1.165) is 19.4 Å². The van der Waals surface area contributed by atoms with E-state index in [-0.39, 0.29) is 36.0 Å². The summed E-state index contributed by atoms with van der Waals surface area (Å²) in [5, 5.41) is 12.5.